The third kappa shape index (κ3) is 2.68. The van der Waals surface area contributed by atoms with Gasteiger partial charge in [0, 0.05) is 5.69 Å². The van der Waals surface area contributed by atoms with Gasteiger partial charge in [-0.15, -0.1) is 0 Å². The Morgan fingerprint density at radius 1 is 0.789 bits per heavy atom. The fourth-order valence-corrected chi connectivity index (χ4v) is 2.11. The molecular formula is C17H15NO. The first-order chi connectivity index (χ1) is 9.31. The molecule has 0 aliphatic carbocycles. The second-order valence-corrected chi connectivity index (χ2v) is 4.54. The van der Waals surface area contributed by atoms with Crippen LogP contribution in [0.1, 0.15) is 5.56 Å². The Kier molecular flexibility index (Phi) is 3.07. The Morgan fingerprint density at radius 2 is 1.63 bits per heavy atom. The number of hydrogen-bond donors (Lipinski definition) is 1. The molecule has 0 radical (unpaired) electrons. The molecule has 94 valence electrons. The minimum atomic E-state index is 0.531. The zero-order chi connectivity index (χ0) is 13.1. The summed E-state index contributed by atoms with van der Waals surface area (Å²) in [5.74, 6) is 0.876. The lowest BCUT2D eigenvalue weighted by molar-refractivity contribution is 0.306. The van der Waals surface area contributed by atoms with Crippen molar-refractivity contribution in [3.05, 3.63) is 72.3 Å². The molecule has 2 nitrogen and oxygen atoms in total. The Balaban J connectivity index is 1.78. The predicted molar refractivity (Wildman–Crippen MR) is 79.1 cm³/mol. The number of ether oxygens (including phenoxy) is 1. The van der Waals surface area contributed by atoms with Gasteiger partial charge >= 0.3 is 0 Å². The molecule has 2 heteroatoms. The number of anilines is 1. The fourth-order valence-electron chi connectivity index (χ4n) is 2.11. The Bertz CT molecular complexity index is 706. The number of hydrogen-bond acceptors (Lipinski definition) is 2. The largest absolute Gasteiger partial charge is 0.489 e. The van der Waals surface area contributed by atoms with Gasteiger partial charge < -0.3 is 10.5 Å². The van der Waals surface area contributed by atoms with Crippen molar-refractivity contribution in [1.29, 1.82) is 0 Å². The number of nitrogen functional groups attached to an aromatic ring is 1. The summed E-state index contributed by atoms with van der Waals surface area (Å²) in [6.07, 6.45) is 0. The molecule has 0 heterocycles. The lowest BCUT2D eigenvalue weighted by atomic mass is 10.1. The van der Waals surface area contributed by atoms with Crippen LogP contribution in [-0.4, -0.2) is 0 Å². The summed E-state index contributed by atoms with van der Waals surface area (Å²) in [6, 6.07) is 22.1. The molecule has 3 aromatic rings. The minimum Gasteiger partial charge on any atom is -0.489 e. The van der Waals surface area contributed by atoms with E-state index in [4.69, 9.17) is 10.5 Å². The fraction of sp³-hybridized carbons (Fsp3) is 0.0588. The first-order valence-electron chi connectivity index (χ1n) is 6.27. The van der Waals surface area contributed by atoms with E-state index in [0.29, 0.717) is 6.61 Å². The van der Waals surface area contributed by atoms with Gasteiger partial charge in [-0.3, -0.25) is 0 Å². The molecule has 0 aromatic heterocycles. The van der Waals surface area contributed by atoms with Crippen LogP contribution >= 0.6 is 0 Å². The molecule has 3 aromatic carbocycles. The monoisotopic (exact) mass is 249 g/mol. The van der Waals surface area contributed by atoms with Crippen molar-refractivity contribution in [2.45, 2.75) is 6.61 Å². The summed E-state index contributed by atoms with van der Waals surface area (Å²) in [5.41, 5.74) is 7.59. The molecule has 0 aliphatic rings. The highest BCUT2D eigenvalue weighted by molar-refractivity contribution is 5.83. The van der Waals surface area contributed by atoms with Crippen LogP contribution in [0.3, 0.4) is 0 Å². The van der Waals surface area contributed by atoms with Gasteiger partial charge in [0.15, 0.2) is 0 Å². The smallest absolute Gasteiger partial charge is 0.120 e. The minimum absolute atomic E-state index is 0.531. The Morgan fingerprint density at radius 3 is 2.47 bits per heavy atom. The van der Waals surface area contributed by atoms with Crippen molar-refractivity contribution >= 4 is 16.5 Å². The van der Waals surface area contributed by atoms with Crippen LogP contribution < -0.4 is 10.5 Å². The van der Waals surface area contributed by atoms with Gasteiger partial charge in [-0.1, -0.05) is 42.5 Å². The molecule has 0 unspecified atom stereocenters. The maximum absolute atomic E-state index is 5.80. The first-order valence-corrected chi connectivity index (χ1v) is 6.27. The average molecular weight is 249 g/mol. The lowest BCUT2D eigenvalue weighted by Gasteiger charge is -2.08. The summed E-state index contributed by atoms with van der Waals surface area (Å²) in [6.45, 7) is 0.531. The van der Waals surface area contributed by atoms with Crippen LogP contribution in [0.4, 0.5) is 5.69 Å². The van der Waals surface area contributed by atoms with Gasteiger partial charge in [-0.05, 0) is 40.6 Å². The molecule has 0 amide bonds. The molecule has 0 spiro atoms. The number of benzene rings is 3. The van der Waals surface area contributed by atoms with Crippen molar-refractivity contribution in [2.24, 2.45) is 0 Å². The van der Waals surface area contributed by atoms with Crippen molar-refractivity contribution in [3.63, 3.8) is 0 Å². The van der Waals surface area contributed by atoms with Crippen LogP contribution in [-0.2, 0) is 6.61 Å². The van der Waals surface area contributed by atoms with E-state index in [1.807, 2.05) is 42.5 Å². The molecular weight excluding hydrogens is 234 g/mol. The normalized spacial score (nSPS) is 10.5. The Labute approximate surface area is 112 Å². The van der Waals surface area contributed by atoms with E-state index in [-0.39, 0.29) is 0 Å². The number of rotatable bonds is 3. The topological polar surface area (TPSA) is 35.2 Å². The van der Waals surface area contributed by atoms with Gasteiger partial charge in [0.1, 0.15) is 12.4 Å². The van der Waals surface area contributed by atoms with Crippen LogP contribution in [0.25, 0.3) is 10.8 Å². The van der Waals surface area contributed by atoms with Crippen molar-refractivity contribution in [3.8, 4) is 5.75 Å². The summed E-state index contributed by atoms with van der Waals surface area (Å²) >= 11 is 0. The molecule has 0 saturated carbocycles. The van der Waals surface area contributed by atoms with Crippen molar-refractivity contribution in [1.82, 2.24) is 0 Å². The SMILES string of the molecule is Nc1cccc(COc2ccc3ccccc3c2)c1. The average Bonchev–Trinajstić information content (AvgIpc) is 2.45. The molecule has 0 aliphatic heterocycles. The molecule has 2 N–H and O–H groups in total. The van der Waals surface area contributed by atoms with Crippen LogP contribution in [0, 0.1) is 0 Å². The summed E-state index contributed by atoms with van der Waals surface area (Å²) < 4.78 is 5.80. The Hall–Kier alpha value is -2.48. The van der Waals surface area contributed by atoms with E-state index in [2.05, 4.69) is 24.3 Å². The van der Waals surface area contributed by atoms with Gasteiger partial charge in [-0.2, -0.15) is 0 Å². The number of nitrogens with two attached hydrogens (primary N) is 1. The zero-order valence-corrected chi connectivity index (χ0v) is 10.5. The molecule has 3 rings (SSSR count). The maximum Gasteiger partial charge on any atom is 0.120 e. The van der Waals surface area contributed by atoms with Gasteiger partial charge in [0.25, 0.3) is 0 Å². The second kappa shape index (κ2) is 5.02. The maximum atomic E-state index is 5.80. The molecule has 19 heavy (non-hydrogen) atoms. The van der Waals surface area contributed by atoms with Gasteiger partial charge in [0.2, 0.25) is 0 Å². The van der Waals surface area contributed by atoms with Crippen LogP contribution in [0.2, 0.25) is 0 Å². The summed E-state index contributed by atoms with van der Waals surface area (Å²) in [5, 5.41) is 2.41. The summed E-state index contributed by atoms with van der Waals surface area (Å²) in [4.78, 5) is 0. The zero-order valence-electron chi connectivity index (χ0n) is 10.5. The van der Waals surface area contributed by atoms with E-state index in [0.717, 1.165) is 17.0 Å². The highest BCUT2D eigenvalue weighted by Crippen LogP contribution is 2.21. The third-order valence-electron chi connectivity index (χ3n) is 3.08. The number of fused-ring (bicyclic) bond motifs is 1. The molecule has 0 fully saturated rings. The third-order valence-corrected chi connectivity index (χ3v) is 3.08. The lowest BCUT2D eigenvalue weighted by Crippen LogP contribution is -1.96. The predicted octanol–water partition coefficient (Wildman–Crippen LogP) is 4.00. The molecule has 0 saturated heterocycles. The summed E-state index contributed by atoms with van der Waals surface area (Å²) in [7, 11) is 0. The van der Waals surface area contributed by atoms with Crippen molar-refractivity contribution < 1.29 is 4.74 Å². The van der Waals surface area contributed by atoms with Gasteiger partial charge in [0.05, 0.1) is 0 Å². The van der Waals surface area contributed by atoms with Crippen LogP contribution in [0.5, 0.6) is 5.75 Å². The van der Waals surface area contributed by atoms with E-state index in [1.165, 1.54) is 10.8 Å². The van der Waals surface area contributed by atoms with E-state index in [1.54, 1.807) is 0 Å². The molecule has 0 atom stereocenters. The van der Waals surface area contributed by atoms with Crippen molar-refractivity contribution in [2.75, 3.05) is 5.73 Å². The highest BCUT2D eigenvalue weighted by atomic mass is 16.5. The standard InChI is InChI=1S/C17H15NO/c18-16-7-3-4-13(10-16)12-19-17-9-8-14-5-1-2-6-15(14)11-17/h1-11H,12,18H2. The first kappa shape index (κ1) is 11.6. The van der Waals surface area contributed by atoms with E-state index < -0.39 is 0 Å². The quantitative estimate of drug-likeness (QED) is 0.712. The van der Waals surface area contributed by atoms with E-state index in [9.17, 15) is 0 Å². The van der Waals surface area contributed by atoms with E-state index >= 15 is 0 Å². The van der Waals surface area contributed by atoms with Crippen LogP contribution in [0.15, 0.2) is 66.7 Å². The second-order valence-electron chi connectivity index (χ2n) is 4.54. The van der Waals surface area contributed by atoms with Gasteiger partial charge in [-0.25, -0.2) is 0 Å². The molecule has 0 bridgehead atoms. The highest BCUT2D eigenvalue weighted by Gasteiger charge is 1.98.